The molecule has 1 unspecified atom stereocenters. The molecule has 0 spiro atoms. The zero-order valence-corrected chi connectivity index (χ0v) is 17.6. The van der Waals surface area contributed by atoms with E-state index >= 15 is 0 Å². The second-order valence-corrected chi connectivity index (χ2v) is 8.16. The fraction of sp³-hybridized carbons (Fsp3) is 0.0435. The van der Waals surface area contributed by atoms with Gasteiger partial charge in [0, 0.05) is 10.6 Å². The van der Waals surface area contributed by atoms with Crippen molar-refractivity contribution in [3.8, 4) is 27.9 Å². The Morgan fingerprint density at radius 3 is 2.16 bits per heavy atom. The summed E-state index contributed by atoms with van der Waals surface area (Å²) in [7, 11) is 0. The van der Waals surface area contributed by atoms with Crippen molar-refractivity contribution in [3.63, 3.8) is 0 Å². The normalized spacial score (nSPS) is 12.0. The molecular weight excluding hydrogens is 439 g/mol. The van der Waals surface area contributed by atoms with E-state index in [-0.39, 0.29) is 11.3 Å². The van der Waals surface area contributed by atoms with Crippen molar-refractivity contribution in [1.82, 2.24) is 9.78 Å². The van der Waals surface area contributed by atoms with Crippen LogP contribution in [0, 0.1) is 5.82 Å². The van der Waals surface area contributed by atoms with Crippen molar-refractivity contribution in [1.29, 1.82) is 0 Å². The molecule has 1 heterocycles. The van der Waals surface area contributed by atoms with Crippen molar-refractivity contribution in [3.05, 3.63) is 106 Å². The van der Waals surface area contributed by atoms with Crippen LogP contribution in [0.4, 0.5) is 4.39 Å². The van der Waals surface area contributed by atoms with Gasteiger partial charge in [-0.05, 0) is 53.1 Å². The molecule has 0 aliphatic heterocycles. The molecule has 0 amide bonds. The lowest BCUT2D eigenvalue weighted by Gasteiger charge is -2.13. The Hall–Kier alpha value is -3.13. The van der Waals surface area contributed by atoms with E-state index in [0.717, 1.165) is 0 Å². The van der Waals surface area contributed by atoms with Crippen LogP contribution >= 0.6 is 11.6 Å². The van der Waals surface area contributed by atoms with E-state index in [2.05, 4.69) is 5.10 Å². The molecule has 1 atom stereocenters. The molecule has 0 fully saturated rings. The summed E-state index contributed by atoms with van der Waals surface area (Å²) in [6, 6.07) is 19.4. The maximum atomic E-state index is 13.5. The van der Waals surface area contributed by atoms with E-state index < -0.39 is 16.9 Å². The van der Waals surface area contributed by atoms with E-state index in [4.69, 9.17) is 16.2 Å². The number of hydrogen-bond donors (Lipinski definition) is 1. The van der Waals surface area contributed by atoms with Crippen molar-refractivity contribution in [2.45, 2.75) is 5.75 Å². The van der Waals surface area contributed by atoms with Gasteiger partial charge in [0.15, 0.2) is 11.1 Å². The summed E-state index contributed by atoms with van der Waals surface area (Å²) >= 11 is 4.01. The van der Waals surface area contributed by atoms with Gasteiger partial charge in [-0.25, -0.2) is 8.60 Å². The van der Waals surface area contributed by atoms with Crippen molar-refractivity contribution in [2.75, 3.05) is 0 Å². The minimum atomic E-state index is -1.94. The molecule has 3 aromatic carbocycles. The highest BCUT2D eigenvalue weighted by molar-refractivity contribution is 7.78. The standard InChI is InChI=1S/C23H16ClFN2O3S/c24-18-7-11-20(12-8-18)27-23(28)22(17-5-9-19(25)10-6-17)21(13-26-27)16-3-1-15(2-4-16)14-31(29)30/h1-13H,14H2,(H,29,30). The van der Waals surface area contributed by atoms with Crippen molar-refractivity contribution in [2.24, 2.45) is 0 Å². The molecule has 0 radical (unpaired) electrons. The third-order valence-electron chi connectivity index (χ3n) is 4.74. The average Bonchev–Trinajstić information content (AvgIpc) is 2.75. The van der Waals surface area contributed by atoms with Crippen LogP contribution in [0.15, 0.2) is 83.8 Å². The van der Waals surface area contributed by atoms with E-state index in [1.807, 2.05) is 0 Å². The van der Waals surface area contributed by atoms with Crippen LogP contribution in [-0.4, -0.2) is 18.5 Å². The molecule has 4 rings (SSSR count). The minimum absolute atomic E-state index is 0.0154. The quantitative estimate of drug-likeness (QED) is 0.427. The molecule has 4 aromatic rings. The third kappa shape index (κ3) is 4.64. The predicted molar refractivity (Wildman–Crippen MR) is 120 cm³/mol. The first kappa shape index (κ1) is 21.1. The lowest BCUT2D eigenvalue weighted by Crippen LogP contribution is -2.23. The van der Waals surface area contributed by atoms with Gasteiger partial charge < -0.3 is 4.55 Å². The largest absolute Gasteiger partial charge is 0.306 e. The molecule has 156 valence electrons. The molecular formula is C23H16ClFN2O3S. The summed E-state index contributed by atoms with van der Waals surface area (Å²) in [5.74, 6) is -0.389. The molecule has 0 aliphatic carbocycles. The second-order valence-electron chi connectivity index (χ2n) is 6.80. The van der Waals surface area contributed by atoms with Gasteiger partial charge in [0.1, 0.15) is 5.82 Å². The summed E-state index contributed by atoms with van der Waals surface area (Å²) in [6.45, 7) is 0. The smallest absolute Gasteiger partial charge is 0.279 e. The summed E-state index contributed by atoms with van der Waals surface area (Å²) < 4.78 is 34.9. The summed E-state index contributed by atoms with van der Waals surface area (Å²) in [6.07, 6.45) is 1.58. The van der Waals surface area contributed by atoms with Crippen LogP contribution in [0.3, 0.4) is 0 Å². The highest BCUT2D eigenvalue weighted by Gasteiger charge is 2.16. The highest BCUT2D eigenvalue weighted by atomic mass is 35.5. The SMILES string of the molecule is O=c1c(-c2ccc(F)cc2)c(-c2ccc(CS(=O)O)cc2)cnn1-c1ccc(Cl)cc1. The third-order valence-corrected chi connectivity index (χ3v) is 5.57. The molecule has 0 saturated heterocycles. The summed E-state index contributed by atoms with van der Waals surface area (Å²) in [5.41, 5.74) is 3.06. The monoisotopic (exact) mass is 454 g/mol. The van der Waals surface area contributed by atoms with Crippen LogP contribution in [0.2, 0.25) is 5.02 Å². The van der Waals surface area contributed by atoms with E-state index in [1.165, 1.54) is 16.8 Å². The lowest BCUT2D eigenvalue weighted by molar-refractivity contribution is 0.563. The molecule has 8 heteroatoms. The number of halogens is 2. The van der Waals surface area contributed by atoms with Crippen LogP contribution in [0.1, 0.15) is 5.56 Å². The lowest BCUT2D eigenvalue weighted by atomic mass is 9.96. The number of aromatic nitrogens is 2. The zero-order valence-electron chi connectivity index (χ0n) is 16.0. The van der Waals surface area contributed by atoms with Crippen molar-refractivity contribution >= 4 is 22.7 Å². The second kappa shape index (κ2) is 8.93. The number of benzene rings is 3. The van der Waals surface area contributed by atoms with Crippen LogP contribution in [0.25, 0.3) is 27.9 Å². The first-order chi connectivity index (χ1) is 14.9. The zero-order chi connectivity index (χ0) is 22.0. The molecule has 1 N–H and O–H groups in total. The summed E-state index contributed by atoms with van der Waals surface area (Å²) in [4.78, 5) is 13.4. The molecule has 0 aliphatic rings. The average molecular weight is 455 g/mol. The molecule has 0 saturated carbocycles. The van der Waals surface area contributed by atoms with E-state index in [9.17, 15) is 13.4 Å². The molecule has 5 nitrogen and oxygen atoms in total. The summed E-state index contributed by atoms with van der Waals surface area (Å²) in [5, 5.41) is 4.87. The Morgan fingerprint density at radius 2 is 1.55 bits per heavy atom. The predicted octanol–water partition coefficient (Wildman–Crippen LogP) is 5.08. The van der Waals surface area contributed by atoms with Crippen LogP contribution < -0.4 is 5.56 Å². The molecule has 31 heavy (non-hydrogen) atoms. The van der Waals surface area contributed by atoms with Gasteiger partial charge in [0.25, 0.3) is 5.56 Å². The fourth-order valence-electron chi connectivity index (χ4n) is 3.26. The fourth-order valence-corrected chi connectivity index (χ4v) is 3.86. The maximum absolute atomic E-state index is 13.5. The number of rotatable bonds is 5. The first-order valence-electron chi connectivity index (χ1n) is 9.23. The highest BCUT2D eigenvalue weighted by Crippen LogP contribution is 2.30. The number of hydrogen-bond acceptors (Lipinski definition) is 3. The Labute approximate surface area is 185 Å². The topological polar surface area (TPSA) is 72.2 Å². The number of nitrogens with zero attached hydrogens (tertiary/aromatic N) is 2. The molecule has 1 aromatic heterocycles. The Balaban J connectivity index is 1.89. The van der Waals surface area contributed by atoms with Gasteiger partial charge >= 0.3 is 0 Å². The molecule has 0 bridgehead atoms. The van der Waals surface area contributed by atoms with Crippen LogP contribution in [-0.2, 0) is 16.8 Å². The minimum Gasteiger partial charge on any atom is -0.306 e. The van der Waals surface area contributed by atoms with Gasteiger partial charge in [-0.3, -0.25) is 4.79 Å². The van der Waals surface area contributed by atoms with Gasteiger partial charge in [0.05, 0.1) is 23.2 Å². The van der Waals surface area contributed by atoms with E-state index in [0.29, 0.717) is 38.5 Å². The van der Waals surface area contributed by atoms with Gasteiger partial charge in [-0.2, -0.15) is 9.78 Å². The van der Waals surface area contributed by atoms with Crippen LogP contribution in [0.5, 0.6) is 0 Å². The Bertz CT molecular complexity index is 1300. The van der Waals surface area contributed by atoms with E-state index in [1.54, 1.807) is 66.9 Å². The Kier molecular flexibility index (Phi) is 6.08. The maximum Gasteiger partial charge on any atom is 0.279 e. The van der Waals surface area contributed by atoms with Gasteiger partial charge in [-0.15, -0.1) is 0 Å². The van der Waals surface area contributed by atoms with Gasteiger partial charge in [0.2, 0.25) is 0 Å². The Morgan fingerprint density at radius 1 is 0.935 bits per heavy atom. The van der Waals surface area contributed by atoms with Gasteiger partial charge in [-0.1, -0.05) is 48.0 Å². The first-order valence-corrected chi connectivity index (χ1v) is 10.9. The van der Waals surface area contributed by atoms with Crippen molar-refractivity contribution < 1.29 is 13.2 Å².